The van der Waals surface area contributed by atoms with E-state index in [9.17, 15) is 19.3 Å². The van der Waals surface area contributed by atoms with Crippen LogP contribution in [-0.4, -0.2) is 30.1 Å². The number of ether oxygens (including phenoxy) is 1. The maximum Gasteiger partial charge on any atom is 0.305 e. The first kappa shape index (κ1) is 14.4. The van der Waals surface area contributed by atoms with Gasteiger partial charge in [0.05, 0.1) is 11.5 Å². The van der Waals surface area contributed by atoms with E-state index in [0.29, 0.717) is 13.2 Å². The van der Waals surface area contributed by atoms with Crippen molar-refractivity contribution in [2.45, 2.75) is 19.4 Å². The molecule has 1 amide bonds. The Morgan fingerprint density at radius 2 is 2.35 bits per heavy atom. The Labute approximate surface area is 115 Å². The van der Waals surface area contributed by atoms with Gasteiger partial charge >= 0.3 is 5.69 Å². The summed E-state index contributed by atoms with van der Waals surface area (Å²) in [4.78, 5) is 21.8. The summed E-state index contributed by atoms with van der Waals surface area (Å²) in [5.74, 6) is -1.18. The third kappa shape index (κ3) is 3.11. The van der Waals surface area contributed by atoms with Gasteiger partial charge in [-0.15, -0.1) is 0 Å². The fraction of sp³-hybridized carbons (Fsp3) is 0.462. The van der Waals surface area contributed by atoms with E-state index in [1.54, 1.807) is 0 Å². The van der Waals surface area contributed by atoms with E-state index in [4.69, 9.17) is 4.74 Å². The van der Waals surface area contributed by atoms with Crippen molar-refractivity contribution in [2.75, 3.05) is 13.2 Å². The third-order valence-electron chi connectivity index (χ3n) is 3.44. The largest absolute Gasteiger partial charge is 0.381 e. The van der Waals surface area contributed by atoms with Gasteiger partial charge in [-0.05, 0) is 25.5 Å². The number of nitrogens with one attached hydrogen (secondary N) is 1. The summed E-state index contributed by atoms with van der Waals surface area (Å²) in [6.45, 7) is 3.12. The molecule has 0 aliphatic carbocycles. The Kier molecular flexibility index (Phi) is 4.29. The van der Waals surface area contributed by atoms with Gasteiger partial charge in [0.15, 0.2) is 0 Å². The number of nitro benzene ring substituents is 1. The van der Waals surface area contributed by atoms with Crippen molar-refractivity contribution in [3.8, 4) is 0 Å². The van der Waals surface area contributed by atoms with Crippen LogP contribution in [0.5, 0.6) is 0 Å². The number of amides is 1. The molecule has 2 unspecified atom stereocenters. The molecule has 0 bridgehead atoms. The van der Waals surface area contributed by atoms with Crippen molar-refractivity contribution in [3.05, 3.63) is 39.7 Å². The Bertz CT molecular complexity index is 529. The number of benzene rings is 1. The minimum atomic E-state index is -0.955. The standard InChI is InChI=1S/C13H15FN2O4/c1-8(10-4-5-20-7-10)15-13(17)9-2-3-11(14)12(6-9)16(18)19/h2-3,6,8,10H,4-5,7H2,1H3,(H,15,17). The highest BCUT2D eigenvalue weighted by molar-refractivity contribution is 5.95. The van der Waals surface area contributed by atoms with Crippen molar-refractivity contribution in [1.29, 1.82) is 0 Å². The first-order valence-electron chi connectivity index (χ1n) is 6.31. The van der Waals surface area contributed by atoms with E-state index in [2.05, 4.69) is 5.32 Å². The molecule has 108 valence electrons. The lowest BCUT2D eigenvalue weighted by molar-refractivity contribution is -0.387. The van der Waals surface area contributed by atoms with Crippen LogP contribution in [-0.2, 0) is 4.74 Å². The second-order valence-electron chi connectivity index (χ2n) is 4.81. The average molecular weight is 282 g/mol. The maximum absolute atomic E-state index is 13.2. The van der Waals surface area contributed by atoms with Gasteiger partial charge in [0.25, 0.3) is 5.91 Å². The zero-order valence-electron chi connectivity index (χ0n) is 11.0. The second-order valence-corrected chi connectivity index (χ2v) is 4.81. The van der Waals surface area contributed by atoms with Gasteiger partial charge in [-0.25, -0.2) is 0 Å². The van der Waals surface area contributed by atoms with Gasteiger partial charge in [0.1, 0.15) is 0 Å². The van der Waals surface area contributed by atoms with Crippen LogP contribution in [0.15, 0.2) is 18.2 Å². The lowest BCUT2D eigenvalue weighted by Crippen LogP contribution is -2.38. The van der Waals surface area contributed by atoms with Crippen molar-refractivity contribution in [3.63, 3.8) is 0 Å². The van der Waals surface area contributed by atoms with Gasteiger partial charge in [-0.1, -0.05) is 0 Å². The van der Waals surface area contributed by atoms with Crippen molar-refractivity contribution >= 4 is 11.6 Å². The van der Waals surface area contributed by atoms with Crippen LogP contribution in [0, 0.1) is 21.8 Å². The fourth-order valence-electron chi connectivity index (χ4n) is 2.15. The van der Waals surface area contributed by atoms with Crippen LogP contribution >= 0.6 is 0 Å². The van der Waals surface area contributed by atoms with Gasteiger partial charge in [-0.3, -0.25) is 14.9 Å². The van der Waals surface area contributed by atoms with Crippen LogP contribution in [0.2, 0.25) is 0 Å². The first-order chi connectivity index (χ1) is 9.49. The summed E-state index contributed by atoms with van der Waals surface area (Å²) < 4.78 is 18.4. The minimum Gasteiger partial charge on any atom is -0.381 e. The lowest BCUT2D eigenvalue weighted by Gasteiger charge is -2.19. The number of rotatable bonds is 4. The van der Waals surface area contributed by atoms with Crippen molar-refractivity contribution in [2.24, 2.45) is 5.92 Å². The number of nitrogens with zero attached hydrogens (tertiary/aromatic N) is 1. The highest BCUT2D eigenvalue weighted by atomic mass is 19.1. The molecule has 2 atom stereocenters. The molecule has 1 aliphatic rings. The normalized spacial score (nSPS) is 19.6. The predicted octanol–water partition coefficient (Wildman–Crippen LogP) is 1.89. The number of nitro groups is 1. The fourth-order valence-corrected chi connectivity index (χ4v) is 2.15. The molecular weight excluding hydrogens is 267 g/mol. The molecule has 0 saturated carbocycles. The number of hydrogen-bond donors (Lipinski definition) is 1. The van der Waals surface area contributed by atoms with Crippen LogP contribution in [0.3, 0.4) is 0 Å². The molecule has 7 heteroatoms. The molecule has 0 radical (unpaired) electrons. The number of carbonyl (C=O) groups excluding carboxylic acids is 1. The molecule has 20 heavy (non-hydrogen) atoms. The van der Waals surface area contributed by atoms with Crippen LogP contribution in [0.4, 0.5) is 10.1 Å². The quantitative estimate of drug-likeness (QED) is 0.675. The highest BCUT2D eigenvalue weighted by Gasteiger charge is 2.25. The zero-order valence-corrected chi connectivity index (χ0v) is 11.0. The van der Waals surface area contributed by atoms with Crippen LogP contribution in [0.25, 0.3) is 0 Å². The van der Waals surface area contributed by atoms with E-state index in [1.807, 2.05) is 6.92 Å². The van der Waals surface area contributed by atoms with E-state index < -0.39 is 22.3 Å². The highest BCUT2D eigenvalue weighted by Crippen LogP contribution is 2.20. The SMILES string of the molecule is CC(NC(=O)c1ccc(F)c([N+](=O)[O-])c1)C1CCOC1. The molecule has 1 aromatic carbocycles. The van der Waals surface area contributed by atoms with E-state index in [-0.39, 0.29) is 17.5 Å². The van der Waals surface area contributed by atoms with E-state index in [0.717, 1.165) is 18.6 Å². The summed E-state index contributed by atoms with van der Waals surface area (Å²) in [6, 6.07) is 3.00. The molecule has 0 spiro atoms. The smallest absolute Gasteiger partial charge is 0.305 e. The van der Waals surface area contributed by atoms with Gasteiger partial charge in [0.2, 0.25) is 5.82 Å². The van der Waals surface area contributed by atoms with Crippen LogP contribution in [0.1, 0.15) is 23.7 Å². The van der Waals surface area contributed by atoms with Crippen molar-refractivity contribution < 1.29 is 18.8 Å². The van der Waals surface area contributed by atoms with Gasteiger partial charge < -0.3 is 10.1 Å². The number of carbonyl (C=O) groups is 1. The summed E-state index contributed by atoms with van der Waals surface area (Å²) in [6.07, 6.45) is 0.866. The summed E-state index contributed by atoms with van der Waals surface area (Å²) in [5.41, 5.74) is -0.627. The molecule has 0 aromatic heterocycles. The molecular formula is C13H15FN2O4. The van der Waals surface area contributed by atoms with E-state index in [1.165, 1.54) is 6.07 Å². The lowest BCUT2D eigenvalue weighted by atomic mass is 10.0. The van der Waals surface area contributed by atoms with E-state index >= 15 is 0 Å². The topological polar surface area (TPSA) is 81.5 Å². The number of halogens is 1. The predicted molar refractivity (Wildman–Crippen MR) is 68.9 cm³/mol. The minimum absolute atomic E-state index is 0.0730. The maximum atomic E-state index is 13.2. The first-order valence-corrected chi connectivity index (χ1v) is 6.31. The Morgan fingerprint density at radius 1 is 1.60 bits per heavy atom. The van der Waals surface area contributed by atoms with Gasteiger partial charge in [-0.2, -0.15) is 4.39 Å². The summed E-state index contributed by atoms with van der Waals surface area (Å²) in [7, 11) is 0. The third-order valence-corrected chi connectivity index (χ3v) is 3.44. The Balaban J connectivity index is 2.08. The average Bonchev–Trinajstić information content (AvgIpc) is 2.92. The number of hydrogen-bond acceptors (Lipinski definition) is 4. The van der Waals surface area contributed by atoms with Crippen LogP contribution < -0.4 is 5.32 Å². The molecule has 1 heterocycles. The Hall–Kier alpha value is -2.02. The zero-order chi connectivity index (χ0) is 14.7. The molecule has 1 N–H and O–H groups in total. The summed E-state index contributed by atoms with van der Waals surface area (Å²) >= 11 is 0. The molecule has 6 nitrogen and oxygen atoms in total. The van der Waals surface area contributed by atoms with Gasteiger partial charge in [0, 0.05) is 30.2 Å². The summed E-state index contributed by atoms with van der Waals surface area (Å²) in [5, 5.41) is 13.4. The van der Waals surface area contributed by atoms with Crippen molar-refractivity contribution in [1.82, 2.24) is 5.32 Å². The molecule has 2 rings (SSSR count). The Morgan fingerprint density at radius 3 is 2.95 bits per heavy atom. The molecule has 1 saturated heterocycles. The second kappa shape index (κ2) is 5.96. The molecule has 1 aromatic rings. The monoisotopic (exact) mass is 282 g/mol. The molecule has 1 fully saturated rings. The molecule has 1 aliphatic heterocycles.